The zero-order valence-electron chi connectivity index (χ0n) is 21.6. The lowest BCUT2D eigenvalue weighted by molar-refractivity contribution is -0.184. The molecular weight excluding hydrogens is 428 g/mol. The molecule has 1 spiro atoms. The number of carbonyl (C=O) groups is 3. The van der Waals surface area contributed by atoms with Crippen molar-refractivity contribution in [2.75, 3.05) is 6.61 Å². The number of aliphatic carboxylic acids is 1. The van der Waals surface area contributed by atoms with Crippen LogP contribution in [0, 0.1) is 45.8 Å². The molecule has 0 aromatic carbocycles. The minimum absolute atomic E-state index is 0.0380. The van der Waals surface area contributed by atoms with Crippen molar-refractivity contribution in [3.05, 3.63) is 11.6 Å². The minimum atomic E-state index is -0.845. The first-order chi connectivity index (χ1) is 15.9. The Kier molecular flexibility index (Phi) is 5.52. The Balaban J connectivity index is 1.43. The molecule has 4 saturated carbocycles. The van der Waals surface area contributed by atoms with E-state index < -0.39 is 17.0 Å². The number of ether oxygens (including phenoxy) is 1. The third-order valence-corrected chi connectivity index (χ3v) is 12.1. The highest BCUT2D eigenvalue weighted by Crippen LogP contribution is 2.76. The molecule has 5 heteroatoms. The van der Waals surface area contributed by atoms with E-state index in [1.54, 1.807) is 6.92 Å². The summed E-state index contributed by atoms with van der Waals surface area (Å²) in [4.78, 5) is 38.0. The molecule has 0 aromatic rings. The Morgan fingerprint density at radius 3 is 2.59 bits per heavy atom. The van der Waals surface area contributed by atoms with Crippen molar-refractivity contribution < 1.29 is 24.2 Å². The van der Waals surface area contributed by atoms with Crippen molar-refractivity contribution in [3.8, 4) is 0 Å². The van der Waals surface area contributed by atoms with E-state index in [9.17, 15) is 14.4 Å². The van der Waals surface area contributed by atoms with Gasteiger partial charge >= 0.3 is 5.97 Å². The average Bonchev–Trinajstić information content (AvgIpc) is 3.18. The molecule has 5 aliphatic rings. The van der Waals surface area contributed by atoms with Crippen molar-refractivity contribution in [1.82, 2.24) is 0 Å². The lowest BCUT2D eigenvalue weighted by atomic mass is 9.37. The molecule has 0 aromatic heterocycles. The average molecular weight is 471 g/mol. The maximum absolute atomic E-state index is 14.2. The van der Waals surface area contributed by atoms with Gasteiger partial charge in [-0.1, -0.05) is 33.8 Å². The molecule has 5 nitrogen and oxygen atoms in total. The molecule has 0 unspecified atom stereocenters. The van der Waals surface area contributed by atoms with E-state index in [1.807, 2.05) is 13.0 Å². The predicted octanol–water partition coefficient (Wildman–Crippen LogP) is 5.61. The first-order valence-corrected chi connectivity index (χ1v) is 13.5. The fourth-order valence-electron chi connectivity index (χ4n) is 10.0. The number of hydrogen-bond donors (Lipinski definition) is 1. The second-order valence-corrected chi connectivity index (χ2v) is 13.0. The summed E-state index contributed by atoms with van der Waals surface area (Å²) in [5, 5.41) is 9.16. The summed E-state index contributed by atoms with van der Waals surface area (Å²) in [7, 11) is 0. The number of Topliss-reactive ketones (excluding diaryl/α,β-unsaturated/α-hetero) is 2. The topological polar surface area (TPSA) is 80.7 Å². The standard InChI is InChI=1S/C29H42O5/c1-17(7-6-8-18(2)25(32)33)20-11-13-26(4)22-12-14-29-19(3)21(30)9-10-23(29)28(22,16-34-29)24(31)15-27(20,26)5/h8,17,19-20,22-23H,6-7,9-16H2,1-5H3,(H,32,33)/t17-,19+,20-,22+,23+,26+,27-,28-,29+/m1/s1. The quantitative estimate of drug-likeness (QED) is 0.528. The Labute approximate surface area is 204 Å². The summed E-state index contributed by atoms with van der Waals surface area (Å²) in [5.41, 5.74) is -0.343. The second-order valence-electron chi connectivity index (χ2n) is 13.0. The summed E-state index contributed by atoms with van der Waals surface area (Å²) in [5.74, 6) is 1.22. The van der Waals surface area contributed by atoms with Gasteiger partial charge in [-0.15, -0.1) is 0 Å². The summed E-state index contributed by atoms with van der Waals surface area (Å²) in [6.07, 6.45) is 9.80. The van der Waals surface area contributed by atoms with Crippen LogP contribution in [0.25, 0.3) is 0 Å². The lowest BCUT2D eigenvalue weighted by Gasteiger charge is -2.64. The summed E-state index contributed by atoms with van der Waals surface area (Å²) in [6.45, 7) is 11.4. The first-order valence-electron chi connectivity index (χ1n) is 13.5. The monoisotopic (exact) mass is 470 g/mol. The van der Waals surface area contributed by atoms with Crippen LogP contribution in [0.5, 0.6) is 0 Å². The van der Waals surface area contributed by atoms with Crippen molar-refractivity contribution in [1.29, 1.82) is 0 Å². The van der Waals surface area contributed by atoms with Crippen molar-refractivity contribution >= 4 is 17.5 Å². The van der Waals surface area contributed by atoms with Gasteiger partial charge in [-0.05, 0) is 80.5 Å². The first kappa shape index (κ1) is 24.2. The molecule has 188 valence electrons. The van der Waals surface area contributed by atoms with Gasteiger partial charge in [0.05, 0.1) is 17.6 Å². The van der Waals surface area contributed by atoms with E-state index >= 15 is 0 Å². The molecule has 5 fully saturated rings. The number of allylic oxidation sites excluding steroid dienone is 1. The van der Waals surface area contributed by atoms with Gasteiger partial charge in [-0.2, -0.15) is 0 Å². The molecule has 0 radical (unpaired) electrons. The highest BCUT2D eigenvalue weighted by molar-refractivity contribution is 5.90. The zero-order valence-corrected chi connectivity index (χ0v) is 21.6. The molecule has 34 heavy (non-hydrogen) atoms. The SMILES string of the molecule is CC(=CCC[C@@H](C)[C@H]1CC[C@@]2(C)[C@@H]3CC[C@@]45OC[C@]3(C(=O)C[C@]12C)[C@@H]4CCC(=O)[C@@H]5C)C(=O)O. The van der Waals surface area contributed by atoms with Crippen LogP contribution >= 0.6 is 0 Å². The van der Waals surface area contributed by atoms with Crippen LogP contribution in [0.4, 0.5) is 0 Å². The predicted molar refractivity (Wildman–Crippen MR) is 129 cm³/mol. The number of carbonyl (C=O) groups excluding carboxylic acids is 2. The fraction of sp³-hybridized carbons (Fsp3) is 0.828. The number of fused-ring (bicyclic) bond motifs is 2. The van der Waals surface area contributed by atoms with Crippen LogP contribution in [0.3, 0.4) is 0 Å². The molecule has 0 amide bonds. The smallest absolute Gasteiger partial charge is 0.330 e. The molecule has 5 rings (SSSR count). The van der Waals surface area contributed by atoms with Gasteiger partial charge in [-0.25, -0.2) is 4.79 Å². The van der Waals surface area contributed by atoms with Gasteiger partial charge < -0.3 is 9.84 Å². The van der Waals surface area contributed by atoms with Crippen LogP contribution in [-0.4, -0.2) is 34.9 Å². The lowest BCUT2D eigenvalue weighted by Crippen LogP contribution is -2.66. The van der Waals surface area contributed by atoms with E-state index in [4.69, 9.17) is 9.84 Å². The Morgan fingerprint density at radius 1 is 1.15 bits per heavy atom. The minimum Gasteiger partial charge on any atom is -0.478 e. The van der Waals surface area contributed by atoms with Crippen molar-refractivity contribution in [2.45, 2.75) is 98.0 Å². The van der Waals surface area contributed by atoms with E-state index in [0.29, 0.717) is 54.3 Å². The number of carboxylic acids is 1. The molecule has 1 heterocycles. The second kappa shape index (κ2) is 7.75. The van der Waals surface area contributed by atoms with E-state index in [-0.39, 0.29) is 22.7 Å². The van der Waals surface area contributed by atoms with Crippen LogP contribution in [0.15, 0.2) is 11.6 Å². The van der Waals surface area contributed by atoms with Crippen molar-refractivity contribution in [3.63, 3.8) is 0 Å². The molecule has 1 saturated heterocycles. The number of carboxylic acid groups (broad SMARTS) is 1. The van der Waals surface area contributed by atoms with Crippen molar-refractivity contribution in [2.24, 2.45) is 45.8 Å². The highest BCUT2D eigenvalue weighted by Gasteiger charge is 2.77. The Hall–Kier alpha value is -1.49. The van der Waals surface area contributed by atoms with Gasteiger partial charge in [0.15, 0.2) is 0 Å². The van der Waals surface area contributed by atoms with Gasteiger partial charge in [0.2, 0.25) is 0 Å². The molecule has 9 atom stereocenters. The van der Waals surface area contributed by atoms with E-state index in [1.165, 1.54) is 0 Å². The Morgan fingerprint density at radius 2 is 1.88 bits per heavy atom. The summed E-state index contributed by atoms with van der Waals surface area (Å²) < 4.78 is 6.58. The van der Waals surface area contributed by atoms with E-state index in [0.717, 1.165) is 44.9 Å². The summed E-state index contributed by atoms with van der Waals surface area (Å²) >= 11 is 0. The molecule has 1 aliphatic heterocycles. The molecular formula is C29H42O5. The van der Waals surface area contributed by atoms with Crippen LogP contribution in [-0.2, 0) is 19.1 Å². The Bertz CT molecular complexity index is 952. The largest absolute Gasteiger partial charge is 0.478 e. The molecule has 4 aliphatic carbocycles. The zero-order chi connectivity index (χ0) is 24.7. The number of rotatable bonds is 5. The summed E-state index contributed by atoms with van der Waals surface area (Å²) in [6, 6.07) is 0. The number of hydrogen-bond acceptors (Lipinski definition) is 4. The highest BCUT2D eigenvalue weighted by atomic mass is 16.5. The molecule has 1 N–H and O–H groups in total. The number of ketones is 2. The van der Waals surface area contributed by atoms with Gasteiger partial charge in [0.1, 0.15) is 11.6 Å². The van der Waals surface area contributed by atoms with Crippen LogP contribution in [0.2, 0.25) is 0 Å². The third-order valence-electron chi connectivity index (χ3n) is 12.1. The van der Waals surface area contributed by atoms with Crippen LogP contribution < -0.4 is 0 Å². The van der Waals surface area contributed by atoms with Gasteiger partial charge in [-0.3, -0.25) is 9.59 Å². The van der Waals surface area contributed by atoms with Crippen LogP contribution in [0.1, 0.15) is 92.4 Å². The van der Waals surface area contributed by atoms with Gasteiger partial charge in [0.25, 0.3) is 0 Å². The maximum atomic E-state index is 14.2. The van der Waals surface area contributed by atoms with E-state index in [2.05, 4.69) is 20.8 Å². The van der Waals surface area contributed by atoms with Gasteiger partial charge in [0, 0.05) is 30.3 Å². The normalized spacial score (nSPS) is 48.8. The fourth-order valence-corrected chi connectivity index (χ4v) is 10.0. The maximum Gasteiger partial charge on any atom is 0.330 e. The molecule has 2 bridgehead atoms. The third kappa shape index (κ3) is 2.85.